The third kappa shape index (κ3) is 2.01. The summed E-state index contributed by atoms with van der Waals surface area (Å²) in [5.74, 6) is 1.25. The van der Waals surface area contributed by atoms with Crippen LogP contribution in [0.3, 0.4) is 0 Å². The maximum absolute atomic E-state index is 9.46. The van der Waals surface area contributed by atoms with Gasteiger partial charge in [0.2, 0.25) is 0 Å². The summed E-state index contributed by atoms with van der Waals surface area (Å²) in [6.45, 7) is 1.70. The molecule has 1 aromatic rings. The van der Waals surface area contributed by atoms with Gasteiger partial charge in [0.25, 0.3) is 0 Å². The number of rotatable bonds is 3. The van der Waals surface area contributed by atoms with Crippen LogP contribution in [0, 0.1) is 0 Å². The summed E-state index contributed by atoms with van der Waals surface area (Å²) in [4.78, 5) is 0. The van der Waals surface area contributed by atoms with Gasteiger partial charge in [0.1, 0.15) is 0 Å². The number of hydrogen-bond acceptors (Lipinski definition) is 3. The Hall–Kier alpha value is -0.740. The largest absolute Gasteiger partial charge is 0.493 e. The van der Waals surface area contributed by atoms with Gasteiger partial charge < -0.3 is 14.6 Å². The van der Waals surface area contributed by atoms with Crippen LogP contribution in [-0.2, 0) is 0 Å². The SMILES string of the molecule is COc1ccc([C@@H](C)O)c(Br)c1OC. The maximum atomic E-state index is 9.46. The summed E-state index contributed by atoms with van der Waals surface area (Å²) in [7, 11) is 3.14. The maximum Gasteiger partial charge on any atom is 0.175 e. The van der Waals surface area contributed by atoms with E-state index in [2.05, 4.69) is 15.9 Å². The Kier molecular flexibility index (Phi) is 3.77. The van der Waals surface area contributed by atoms with Gasteiger partial charge in [0, 0.05) is 0 Å². The zero-order valence-electron chi connectivity index (χ0n) is 8.37. The Balaban J connectivity index is 3.27. The van der Waals surface area contributed by atoms with Gasteiger partial charge in [-0.15, -0.1) is 0 Å². The zero-order valence-corrected chi connectivity index (χ0v) is 9.96. The van der Waals surface area contributed by atoms with Gasteiger partial charge in [-0.3, -0.25) is 0 Å². The molecule has 78 valence electrons. The van der Waals surface area contributed by atoms with Gasteiger partial charge in [-0.25, -0.2) is 0 Å². The molecule has 14 heavy (non-hydrogen) atoms. The summed E-state index contributed by atoms with van der Waals surface area (Å²) in [6.07, 6.45) is -0.538. The molecule has 0 amide bonds. The minimum Gasteiger partial charge on any atom is -0.493 e. The average molecular weight is 261 g/mol. The normalized spacial score (nSPS) is 12.4. The molecule has 0 fully saturated rings. The Morgan fingerprint density at radius 1 is 1.29 bits per heavy atom. The molecule has 0 aliphatic heterocycles. The van der Waals surface area contributed by atoms with Crippen molar-refractivity contribution in [1.82, 2.24) is 0 Å². The van der Waals surface area contributed by atoms with Gasteiger partial charge in [0.15, 0.2) is 11.5 Å². The fourth-order valence-corrected chi connectivity index (χ4v) is 2.05. The van der Waals surface area contributed by atoms with Gasteiger partial charge in [-0.05, 0) is 34.5 Å². The van der Waals surface area contributed by atoms with E-state index < -0.39 is 6.10 Å². The lowest BCUT2D eigenvalue weighted by Crippen LogP contribution is -1.97. The Morgan fingerprint density at radius 3 is 2.36 bits per heavy atom. The predicted octanol–water partition coefficient (Wildman–Crippen LogP) is 2.52. The van der Waals surface area contributed by atoms with Crippen molar-refractivity contribution in [2.45, 2.75) is 13.0 Å². The van der Waals surface area contributed by atoms with Crippen molar-refractivity contribution in [3.8, 4) is 11.5 Å². The number of ether oxygens (including phenoxy) is 2. The van der Waals surface area contributed by atoms with Crippen LogP contribution >= 0.6 is 15.9 Å². The minimum absolute atomic E-state index is 0.538. The molecule has 0 bridgehead atoms. The third-order valence-corrected chi connectivity index (χ3v) is 2.78. The third-order valence-electron chi connectivity index (χ3n) is 1.96. The summed E-state index contributed by atoms with van der Waals surface area (Å²) in [5.41, 5.74) is 0.780. The molecule has 0 unspecified atom stereocenters. The van der Waals surface area contributed by atoms with E-state index in [0.29, 0.717) is 11.5 Å². The van der Waals surface area contributed by atoms with Crippen LogP contribution in [0.1, 0.15) is 18.6 Å². The molecular weight excluding hydrogens is 248 g/mol. The average Bonchev–Trinajstić information content (AvgIpc) is 2.16. The van der Waals surface area contributed by atoms with Crippen LogP contribution in [0.5, 0.6) is 11.5 Å². The summed E-state index contributed by atoms with van der Waals surface area (Å²) in [6, 6.07) is 3.57. The summed E-state index contributed by atoms with van der Waals surface area (Å²) < 4.78 is 11.0. The number of benzene rings is 1. The smallest absolute Gasteiger partial charge is 0.175 e. The van der Waals surface area contributed by atoms with E-state index in [9.17, 15) is 5.11 Å². The lowest BCUT2D eigenvalue weighted by atomic mass is 10.1. The number of halogens is 1. The standard InChI is InChI=1S/C10H13BrO3/c1-6(12)7-4-5-8(13-2)10(14-3)9(7)11/h4-6,12H,1-3H3/t6-/m1/s1. The van der Waals surface area contributed by atoms with E-state index in [4.69, 9.17) is 9.47 Å². The number of hydrogen-bond donors (Lipinski definition) is 1. The molecule has 1 aromatic carbocycles. The Bertz CT molecular complexity index is 323. The lowest BCUT2D eigenvalue weighted by Gasteiger charge is -2.14. The minimum atomic E-state index is -0.538. The molecule has 4 heteroatoms. The van der Waals surface area contributed by atoms with Crippen molar-refractivity contribution in [2.75, 3.05) is 14.2 Å². The zero-order chi connectivity index (χ0) is 10.7. The van der Waals surface area contributed by atoms with Crippen molar-refractivity contribution in [2.24, 2.45) is 0 Å². The van der Waals surface area contributed by atoms with E-state index in [1.165, 1.54) is 0 Å². The first kappa shape index (κ1) is 11.3. The second kappa shape index (κ2) is 4.66. The molecule has 1 rings (SSSR count). The van der Waals surface area contributed by atoms with Gasteiger partial charge in [-0.1, -0.05) is 6.07 Å². The van der Waals surface area contributed by atoms with E-state index in [0.717, 1.165) is 10.0 Å². The Labute approximate surface area is 91.8 Å². The first-order chi connectivity index (χ1) is 6.61. The van der Waals surface area contributed by atoms with Crippen LogP contribution in [0.25, 0.3) is 0 Å². The highest BCUT2D eigenvalue weighted by molar-refractivity contribution is 9.10. The van der Waals surface area contributed by atoms with Crippen molar-refractivity contribution < 1.29 is 14.6 Å². The molecule has 1 N–H and O–H groups in total. The van der Waals surface area contributed by atoms with Gasteiger partial charge >= 0.3 is 0 Å². The van der Waals surface area contributed by atoms with Crippen LogP contribution in [-0.4, -0.2) is 19.3 Å². The van der Waals surface area contributed by atoms with E-state index in [1.807, 2.05) is 0 Å². The number of aliphatic hydroxyl groups is 1. The van der Waals surface area contributed by atoms with Crippen LogP contribution in [0.2, 0.25) is 0 Å². The van der Waals surface area contributed by atoms with Gasteiger partial charge in [-0.2, -0.15) is 0 Å². The van der Waals surface area contributed by atoms with E-state index in [1.54, 1.807) is 33.3 Å². The summed E-state index contributed by atoms with van der Waals surface area (Å²) >= 11 is 3.37. The molecule has 0 aromatic heterocycles. The molecule has 0 saturated heterocycles. The quantitative estimate of drug-likeness (QED) is 0.908. The predicted molar refractivity (Wildman–Crippen MR) is 57.9 cm³/mol. The van der Waals surface area contributed by atoms with Crippen molar-refractivity contribution in [3.05, 3.63) is 22.2 Å². The molecule has 3 nitrogen and oxygen atoms in total. The molecule has 0 spiro atoms. The second-order valence-corrected chi connectivity index (χ2v) is 3.67. The highest BCUT2D eigenvalue weighted by Crippen LogP contribution is 2.39. The van der Waals surface area contributed by atoms with E-state index in [-0.39, 0.29) is 0 Å². The molecule has 0 radical (unpaired) electrons. The first-order valence-corrected chi connectivity index (χ1v) is 4.99. The highest BCUT2D eigenvalue weighted by Gasteiger charge is 2.14. The molecular formula is C10H13BrO3. The van der Waals surface area contributed by atoms with Crippen LogP contribution < -0.4 is 9.47 Å². The monoisotopic (exact) mass is 260 g/mol. The van der Waals surface area contributed by atoms with Crippen molar-refractivity contribution in [3.63, 3.8) is 0 Å². The Morgan fingerprint density at radius 2 is 1.93 bits per heavy atom. The van der Waals surface area contributed by atoms with Crippen LogP contribution in [0.4, 0.5) is 0 Å². The van der Waals surface area contributed by atoms with Crippen molar-refractivity contribution in [1.29, 1.82) is 0 Å². The molecule has 1 atom stereocenters. The van der Waals surface area contributed by atoms with Crippen molar-refractivity contribution >= 4 is 15.9 Å². The topological polar surface area (TPSA) is 38.7 Å². The number of aliphatic hydroxyl groups excluding tert-OH is 1. The fourth-order valence-electron chi connectivity index (χ4n) is 1.23. The first-order valence-electron chi connectivity index (χ1n) is 4.20. The fraction of sp³-hybridized carbons (Fsp3) is 0.400. The lowest BCUT2D eigenvalue weighted by molar-refractivity contribution is 0.197. The van der Waals surface area contributed by atoms with E-state index >= 15 is 0 Å². The molecule has 0 heterocycles. The summed E-state index contributed by atoms with van der Waals surface area (Å²) in [5, 5.41) is 9.46. The highest BCUT2D eigenvalue weighted by atomic mass is 79.9. The molecule has 0 aliphatic rings. The molecule has 0 saturated carbocycles. The van der Waals surface area contributed by atoms with Gasteiger partial charge in [0.05, 0.1) is 24.8 Å². The van der Waals surface area contributed by atoms with Crippen LogP contribution in [0.15, 0.2) is 16.6 Å². The second-order valence-electron chi connectivity index (χ2n) is 2.88. The molecule has 0 aliphatic carbocycles. The number of methoxy groups -OCH3 is 2.